The first-order chi connectivity index (χ1) is 14.9. The molecule has 1 fully saturated rings. The van der Waals surface area contributed by atoms with Gasteiger partial charge in [0.2, 0.25) is 5.91 Å². The first-order valence-corrected chi connectivity index (χ1v) is 12.0. The van der Waals surface area contributed by atoms with Crippen LogP contribution >= 0.6 is 11.3 Å². The minimum absolute atomic E-state index is 0.0189. The van der Waals surface area contributed by atoms with Crippen molar-refractivity contribution >= 4 is 23.2 Å². The zero-order valence-electron chi connectivity index (χ0n) is 18.4. The number of aryl methyl sites for hydroxylation is 1. The number of aromatic nitrogens is 2. The molecule has 0 unspecified atom stereocenters. The van der Waals surface area contributed by atoms with Crippen molar-refractivity contribution in [3.63, 3.8) is 0 Å². The summed E-state index contributed by atoms with van der Waals surface area (Å²) >= 11 is 1.47. The molecule has 4 rings (SSSR count). The van der Waals surface area contributed by atoms with Crippen molar-refractivity contribution in [1.29, 1.82) is 0 Å². The highest BCUT2D eigenvalue weighted by Gasteiger charge is 2.35. The molecule has 4 heterocycles. The summed E-state index contributed by atoms with van der Waals surface area (Å²) in [6.45, 7) is 7.59. The summed E-state index contributed by atoms with van der Waals surface area (Å²) in [6, 6.07) is 3.61. The molecule has 1 saturated heterocycles. The molecule has 31 heavy (non-hydrogen) atoms. The van der Waals surface area contributed by atoms with Gasteiger partial charge in [-0.25, -0.2) is 4.98 Å². The molecule has 0 aromatic carbocycles. The molecule has 0 aliphatic carbocycles. The van der Waals surface area contributed by atoms with Crippen molar-refractivity contribution in [3.8, 4) is 0 Å². The molecule has 0 spiro atoms. The lowest BCUT2D eigenvalue weighted by atomic mass is 10.0. The van der Waals surface area contributed by atoms with Crippen LogP contribution in [0, 0.1) is 12.8 Å². The topological polar surface area (TPSA) is 86.4 Å². The zero-order valence-corrected chi connectivity index (χ0v) is 19.3. The molecule has 2 amide bonds. The molecule has 0 radical (unpaired) electrons. The van der Waals surface area contributed by atoms with E-state index in [4.69, 9.17) is 4.98 Å². The Morgan fingerprint density at radius 1 is 1.26 bits per heavy atom. The number of hydrogen-bond acceptors (Lipinski definition) is 5. The number of carbonyl (C=O) groups excluding carboxylic acids is 2. The summed E-state index contributed by atoms with van der Waals surface area (Å²) in [7, 11) is 0. The monoisotopic (exact) mass is 442 g/mol. The molecule has 1 N–H and O–H groups in total. The summed E-state index contributed by atoms with van der Waals surface area (Å²) in [5.41, 5.74) is 1.13. The van der Waals surface area contributed by atoms with E-state index in [2.05, 4.69) is 4.98 Å². The van der Waals surface area contributed by atoms with Crippen LogP contribution in [0.3, 0.4) is 0 Å². The number of thiophene rings is 1. The Kier molecular flexibility index (Phi) is 6.27. The van der Waals surface area contributed by atoms with Crippen LogP contribution in [-0.2, 0) is 17.8 Å². The number of fused-ring (bicyclic) bond motifs is 1. The summed E-state index contributed by atoms with van der Waals surface area (Å²) in [6.07, 6.45) is 3.92. The van der Waals surface area contributed by atoms with Gasteiger partial charge in [-0.2, -0.15) is 0 Å². The standard InChI is InChI=1S/C23H30N4O3S/c1-4-15(5-2)22(29)27-11-6-7-18(27)20-24-17-10-12-26(13-16(17)21(28)25-20)23(30)19-9-8-14(3)31-19/h8-9,15,18H,4-7,10-13H2,1-3H3,(H,24,25,28)/t18-/m0/s1. The van der Waals surface area contributed by atoms with E-state index in [-0.39, 0.29) is 35.9 Å². The zero-order chi connectivity index (χ0) is 22.1. The normalized spacial score (nSPS) is 18.5. The quantitative estimate of drug-likeness (QED) is 0.769. The van der Waals surface area contributed by atoms with Gasteiger partial charge in [-0.05, 0) is 44.7 Å². The average molecular weight is 443 g/mol. The highest BCUT2D eigenvalue weighted by atomic mass is 32.1. The maximum absolute atomic E-state index is 13.0. The summed E-state index contributed by atoms with van der Waals surface area (Å²) in [5, 5.41) is 0. The van der Waals surface area contributed by atoms with Crippen molar-refractivity contribution in [3.05, 3.63) is 49.3 Å². The predicted octanol–water partition coefficient (Wildman–Crippen LogP) is 3.44. The fraction of sp³-hybridized carbons (Fsp3) is 0.565. The van der Waals surface area contributed by atoms with E-state index < -0.39 is 0 Å². The number of aromatic amines is 1. The number of amides is 2. The second kappa shape index (κ2) is 8.94. The largest absolute Gasteiger partial charge is 0.333 e. The maximum atomic E-state index is 13.0. The first-order valence-electron chi connectivity index (χ1n) is 11.2. The van der Waals surface area contributed by atoms with Crippen molar-refractivity contribution in [2.75, 3.05) is 13.1 Å². The Balaban J connectivity index is 1.56. The van der Waals surface area contributed by atoms with E-state index in [0.29, 0.717) is 35.8 Å². The van der Waals surface area contributed by atoms with Crippen LogP contribution < -0.4 is 5.56 Å². The Hall–Kier alpha value is -2.48. The summed E-state index contributed by atoms with van der Waals surface area (Å²) in [4.78, 5) is 51.9. The molecule has 1 atom stereocenters. The van der Waals surface area contributed by atoms with Crippen LogP contribution in [0.1, 0.15) is 77.2 Å². The van der Waals surface area contributed by atoms with E-state index >= 15 is 0 Å². The molecule has 0 saturated carbocycles. The van der Waals surface area contributed by atoms with E-state index in [9.17, 15) is 14.4 Å². The van der Waals surface area contributed by atoms with Gasteiger partial charge in [0.05, 0.1) is 28.7 Å². The van der Waals surface area contributed by atoms with E-state index in [0.717, 1.165) is 36.3 Å². The third kappa shape index (κ3) is 4.18. The molecule has 166 valence electrons. The van der Waals surface area contributed by atoms with E-state index in [1.165, 1.54) is 11.3 Å². The van der Waals surface area contributed by atoms with Gasteiger partial charge in [-0.3, -0.25) is 14.4 Å². The molecule has 8 heteroatoms. The van der Waals surface area contributed by atoms with Crippen molar-refractivity contribution in [2.24, 2.45) is 5.92 Å². The predicted molar refractivity (Wildman–Crippen MR) is 120 cm³/mol. The number of hydrogen-bond donors (Lipinski definition) is 1. The minimum atomic E-state index is -0.193. The highest BCUT2D eigenvalue weighted by molar-refractivity contribution is 7.13. The molecule has 2 aliphatic heterocycles. The Morgan fingerprint density at radius 2 is 2.03 bits per heavy atom. The number of carbonyl (C=O) groups is 2. The Morgan fingerprint density at radius 3 is 2.71 bits per heavy atom. The second-order valence-corrected chi connectivity index (χ2v) is 9.75. The number of nitrogens with one attached hydrogen (secondary N) is 1. The lowest BCUT2D eigenvalue weighted by Gasteiger charge is -2.30. The smallest absolute Gasteiger partial charge is 0.264 e. The van der Waals surface area contributed by atoms with Gasteiger partial charge < -0.3 is 14.8 Å². The van der Waals surface area contributed by atoms with E-state index in [1.54, 1.807) is 4.90 Å². The van der Waals surface area contributed by atoms with Gasteiger partial charge in [0.25, 0.3) is 11.5 Å². The Labute approximate surface area is 186 Å². The van der Waals surface area contributed by atoms with E-state index in [1.807, 2.05) is 37.8 Å². The highest BCUT2D eigenvalue weighted by Crippen LogP contribution is 2.32. The van der Waals surface area contributed by atoms with Gasteiger partial charge in [-0.15, -0.1) is 11.3 Å². The average Bonchev–Trinajstić information content (AvgIpc) is 3.43. The van der Waals surface area contributed by atoms with Crippen LogP contribution in [0.2, 0.25) is 0 Å². The molecule has 2 aliphatic rings. The SMILES string of the molecule is CCC(CC)C(=O)N1CCC[C@H]1c1nc2c(c(=O)[nH]1)CN(C(=O)c1ccc(C)s1)CC2. The van der Waals surface area contributed by atoms with Crippen LogP contribution in [0.15, 0.2) is 16.9 Å². The van der Waals surface area contributed by atoms with Gasteiger partial charge in [0.1, 0.15) is 5.82 Å². The molecule has 0 bridgehead atoms. The molecular weight excluding hydrogens is 412 g/mol. The molecule has 2 aromatic rings. The van der Waals surface area contributed by atoms with Crippen molar-refractivity contribution in [1.82, 2.24) is 19.8 Å². The summed E-state index contributed by atoms with van der Waals surface area (Å²) < 4.78 is 0. The lowest BCUT2D eigenvalue weighted by Crippen LogP contribution is -2.41. The molecule has 7 nitrogen and oxygen atoms in total. The van der Waals surface area contributed by atoms with Gasteiger partial charge >= 0.3 is 0 Å². The number of rotatable bonds is 5. The number of H-pyrrole nitrogens is 1. The van der Waals surface area contributed by atoms with Crippen LogP contribution in [0.5, 0.6) is 0 Å². The fourth-order valence-electron chi connectivity index (χ4n) is 4.67. The molecule has 2 aromatic heterocycles. The summed E-state index contributed by atoms with van der Waals surface area (Å²) in [5.74, 6) is 0.737. The fourth-order valence-corrected chi connectivity index (χ4v) is 5.50. The third-order valence-electron chi connectivity index (χ3n) is 6.51. The minimum Gasteiger partial charge on any atom is -0.333 e. The van der Waals surface area contributed by atoms with Crippen LogP contribution in [0.25, 0.3) is 0 Å². The third-order valence-corrected chi connectivity index (χ3v) is 7.50. The van der Waals surface area contributed by atoms with Crippen LogP contribution in [0.4, 0.5) is 0 Å². The second-order valence-electron chi connectivity index (χ2n) is 8.47. The maximum Gasteiger partial charge on any atom is 0.264 e. The van der Waals surface area contributed by atoms with Crippen molar-refractivity contribution in [2.45, 2.75) is 65.5 Å². The van der Waals surface area contributed by atoms with Gasteiger partial charge in [-0.1, -0.05) is 13.8 Å². The van der Waals surface area contributed by atoms with Crippen molar-refractivity contribution < 1.29 is 9.59 Å². The number of likely N-dealkylation sites (tertiary alicyclic amines) is 1. The van der Waals surface area contributed by atoms with Crippen LogP contribution in [-0.4, -0.2) is 44.7 Å². The Bertz CT molecular complexity index is 1040. The van der Waals surface area contributed by atoms with Gasteiger partial charge in [0, 0.05) is 30.3 Å². The van der Waals surface area contributed by atoms with Gasteiger partial charge in [0.15, 0.2) is 0 Å². The lowest BCUT2D eigenvalue weighted by molar-refractivity contribution is -0.136. The first kappa shape index (κ1) is 21.7. The number of nitrogens with zero attached hydrogens (tertiary/aromatic N) is 3. The molecular formula is C23H30N4O3S.